The van der Waals surface area contributed by atoms with Crippen LogP contribution in [0.2, 0.25) is 10.0 Å². The van der Waals surface area contributed by atoms with Crippen molar-refractivity contribution in [1.29, 1.82) is 0 Å². The molecule has 2 atom stereocenters. The van der Waals surface area contributed by atoms with Crippen LogP contribution in [0.25, 0.3) is 33.7 Å². The van der Waals surface area contributed by atoms with Crippen LogP contribution >= 0.6 is 23.2 Å². The van der Waals surface area contributed by atoms with Crippen molar-refractivity contribution >= 4 is 69.0 Å². The largest absolute Gasteiger partial charge is 0.465 e. The molecule has 0 aliphatic heterocycles. The van der Waals surface area contributed by atoms with Gasteiger partial charge in [0.05, 0.1) is 35.4 Å². The number of anilines is 4. The van der Waals surface area contributed by atoms with E-state index in [2.05, 4.69) is 49.0 Å². The van der Waals surface area contributed by atoms with Crippen molar-refractivity contribution in [2.24, 2.45) is 5.73 Å². The third kappa shape index (κ3) is 13.7. The highest BCUT2D eigenvalue weighted by Gasteiger charge is 2.19. The number of pyridine rings is 4. The molecule has 0 aliphatic rings. The SMILES string of the molecule is C=C(C)c1cnc(-c2cc(Cl)ccc2F)cc1Nc1ccncc1C(=O)N[C@@H](O)CC.C=C(C)c1cnc(-c2cc(Cl)ccc2F)cc1Nc1ccncc1C(=O)OC.CC[C@@H](N)O. The summed E-state index contributed by atoms with van der Waals surface area (Å²) in [6.07, 6.45) is 8.50. The first-order valence-electron chi connectivity index (χ1n) is 19.6. The predicted octanol–water partition coefficient (Wildman–Crippen LogP) is 10.3. The summed E-state index contributed by atoms with van der Waals surface area (Å²) in [6.45, 7) is 15.1. The fourth-order valence-corrected chi connectivity index (χ4v) is 5.91. The summed E-state index contributed by atoms with van der Waals surface area (Å²) in [7, 11) is 1.30. The summed E-state index contributed by atoms with van der Waals surface area (Å²) in [5, 5.41) is 27.6. The molecule has 17 heteroatoms. The van der Waals surface area contributed by atoms with Gasteiger partial charge in [-0.3, -0.25) is 24.7 Å². The molecule has 13 nitrogen and oxygen atoms in total. The quantitative estimate of drug-likeness (QED) is 0.0474. The molecule has 0 saturated heterocycles. The molecule has 0 unspecified atom stereocenters. The second-order valence-electron chi connectivity index (χ2n) is 14.0. The minimum absolute atomic E-state index is 0.245. The van der Waals surface area contributed by atoms with Crippen LogP contribution in [0.5, 0.6) is 0 Å². The van der Waals surface area contributed by atoms with Gasteiger partial charge in [-0.05, 0) is 98.5 Å². The maximum absolute atomic E-state index is 14.4. The van der Waals surface area contributed by atoms with Crippen molar-refractivity contribution in [3.8, 4) is 22.5 Å². The summed E-state index contributed by atoms with van der Waals surface area (Å²) in [6, 6.07) is 15.2. The van der Waals surface area contributed by atoms with Gasteiger partial charge in [0.15, 0.2) is 0 Å². The number of halogens is 4. The lowest BCUT2D eigenvalue weighted by Gasteiger charge is -2.17. The predicted molar refractivity (Wildman–Crippen MR) is 249 cm³/mol. The van der Waals surface area contributed by atoms with Gasteiger partial charge in [0.1, 0.15) is 29.7 Å². The van der Waals surface area contributed by atoms with E-state index in [1.165, 1.54) is 62.1 Å². The number of nitrogens with two attached hydrogens (primary N) is 1. The molecular weight excluding hydrogens is 865 g/mol. The molecule has 0 saturated carbocycles. The molecule has 2 aromatic carbocycles. The molecule has 0 aliphatic carbocycles. The minimum Gasteiger partial charge on any atom is -0.465 e. The van der Waals surface area contributed by atoms with Gasteiger partial charge in [-0.15, -0.1) is 0 Å². The number of hydrogen-bond acceptors (Lipinski definition) is 12. The lowest BCUT2D eigenvalue weighted by atomic mass is 10.0. The highest BCUT2D eigenvalue weighted by molar-refractivity contribution is 6.31. The first-order valence-corrected chi connectivity index (χ1v) is 20.4. The Kier molecular flexibility index (Phi) is 18.5. The first-order chi connectivity index (χ1) is 30.5. The van der Waals surface area contributed by atoms with Crippen molar-refractivity contribution in [1.82, 2.24) is 25.3 Å². The molecule has 334 valence electrons. The fourth-order valence-electron chi connectivity index (χ4n) is 5.56. The average Bonchev–Trinajstić information content (AvgIpc) is 3.28. The van der Waals surface area contributed by atoms with E-state index in [1.54, 1.807) is 49.8 Å². The second-order valence-corrected chi connectivity index (χ2v) is 14.9. The molecular formula is C47H48Cl2F2N8O5. The highest BCUT2D eigenvalue weighted by atomic mass is 35.5. The van der Waals surface area contributed by atoms with E-state index in [1.807, 2.05) is 20.8 Å². The fraction of sp³-hybridized carbons (Fsp3) is 0.191. The number of amides is 1. The number of nitrogens with zero attached hydrogens (tertiary/aromatic N) is 4. The van der Waals surface area contributed by atoms with E-state index in [9.17, 15) is 23.5 Å². The lowest BCUT2D eigenvalue weighted by molar-refractivity contribution is 0.0600. The standard InChI is InChI=1S/C23H22ClFN4O2.C21H17ClFN3O2.C3H9NO/c1-4-22(30)29-23(31)17-11-26-8-7-19(17)28-21-10-20(27-12-16(21)13(2)3)15-9-14(24)5-6-18(15)25;1-12(2)15-11-25-19(14-8-13(22)4-5-17(14)23)9-20(15)26-18-6-7-24-10-16(18)21(27)28-3;1-2-3(4)5/h5-12,22,30H,2,4H2,1,3H3,(H,29,31)(H,26,27,28);4-11H,1H2,2-3H3,(H,24,25,26);3,5H,2,4H2,1H3/t22-;;3-/m0.0/s1. The van der Waals surface area contributed by atoms with E-state index in [0.29, 0.717) is 62.6 Å². The Morgan fingerprint density at radius 3 is 1.55 bits per heavy atom. The summed E-state index contributed by atoms with van der Waals surface area (Å²) >= 11 is 12.0. The lowest BCUT2D eigenvalue weighted by Crippen LogP contribution is -2.34. The topological polar surface area (TPSA) is 198 Å². The number of aliphatic hydroxyl groups excluding tert-OH is 2. The van der Waals surface area contributed by atoms with Crippen LogP contribution in [-0.2, 0) is 4.74 Å². The zero-order valence-corrected chi connectivity index (χ0v) is 37.2. The number of ether oxygens (including phenoxy) is 1. The smallest absolute Gasteiger partial charge is 0.341 e. The van der Waals surface area contributed by atoms with Crippen LogP contribution in [0.15, 0.2) is 111 Å². The second kappa shape index (κ2) is 23.7. The number of allylic oxidation sites excluding steroid dienone is 2. The number of carbonyl (C=O) groups excluding carboxylic acids is 2. The van der Waals surface area contributed by atoms with Crippen LogP contribution in [-0.4, -0.2) is 61.6 Å². The number of carbonyl (C=O) groups is 2. The van der Waals surface area contributed by atoms with Gasteiger partial charge >= 0.3 is 5.97 Å². The maximum atomic E-state index is 14.4. The van der Waals surface area contributed by atoms with Crippen molar-refractivity contribution in [2.45, 2.75) is 53.0 Å². The number of aromatic nitrogens is 4. The van der Waals surface area contributed by atoms with E-state index >= 15 is 0 Å². The van der Waals surface area contributed by atoms with Crippen LogP contribution in [0.1, 0.15) is 72.4 Å². The van der Waals surface area contributed by atoms with Gasteiger partial charge < -0.3 is 36.6 Å². The molecule has 7 N–H and O–H groups in total. The Balaban J connectivity index is 0.000000255. The third-order valence-electron chi connectivity index (χ3n) is 9.07. The monoisotopic (exact) mass is 912 g/mol. The Morgan fingerprint density at radius 2 is 1.14 bits per heavy atom. The Bertz CT molecular complexity index is 2630. The van der Waals surface area contributed by atoms with Gasteiger partial charge in [0.25, 0.3) is 5.91 Å². The molecule has 0 fully saturated rings. The number of rotatable bonds is 13. The van der Waals surface area contributed by atoms with E-state index in [0.717, 1.165) is 16.7 Å². The number of aliphatic hydroxyl groups is 2. The van der Waals surface area contributed by atoms with Gasteiger partial charge in [-0.25, -0.2) is 13.6 Å². The van der Waals surface area contributed by atoms with E-state index in [4.69, 9.17) is 38.8 Å². The highest BCUT2D eigenvalue weighted by Crippen LogP contribution is 2.34. The Morgan fingerprint density at radius 1 is 0.703 bits per heavy atom. The Labute approximate surface area is 380 Å². The zero-order valence-electron chi connectivity index (χ0n) is 35.7. The number of methoxy groups -OCH3 is 1. The van der Waals surface area contributed by atoms with E-state index in [-0.39, 0.29) is 22.3 Å². The van der Waals surface area contributed by atoms with Gasteiger partial charge in [0, 0.05) is 80.9 Å². The molecule has 6 aromatic rings. The van der Waals surface area contributed by atoms with Crippen molar-refractivity contribution < 1.29 is 33.3 Å². The van der Waals surface area contributed by atoms with Crippen LogP contribution < -0.4 is 21.7 Å². The normalized spacial score (nSPS) is 11.4. The number of hydrogen-bond donors (Lipinski definition) is 6. The van der Waals surface area contributed by atoms with Crippen molar-refractivity contribution in [3.63, 3.8) is 0 Å². The molecule has 4 heterocycles. The van der Waals surface area contributed by atoms with Crippen molar-refractivity contribution in [2.75, 3.05) is 17.7 Å². The van der Waals surface area contributed by atoms with Crippen LogP contribution in [0.4, 0.5) is 31.5 Å². The first kappa shape index (κ1) is 50.0. The number of nitrogens with one attached hydrogen (secondary N) is 3. The molecule has 0 radical (unpaired) electrons. The number of esters is 1. The molecule has 0 bridgehead atoms. The number of benzene rings is 2. The van der Waals surface area contributed by atoms with Crippen LogP contribution in [0.3, 0.4) is 0 Å². The molecule has 1 amide bonds. The molecule has 64 heavy (non-hydrogen) atoms. The zero-order chi connectivity index (χ0) is 47.1. The summed E-state index contributed by atoms with van der Waals surface area (Å²) < 4.78 is 33.5. The maximum Gasteiger partial charge on any atom is 0.341 e. The Hall–Kier alpha value is -6.62. The summed E-state index contributed by atoms with van der Waals surface area (Å²) in [5.74, 6) is -1.90. The van der Waals surface area contributed by atoms with Gasteiger partial charge in [0.2, 0.25) is 0 Å². The third-order valence-corrected chi connectivity index (χ3v) is 9.54. The minimum atomic E-state index is -0.968. The van der Waals surface area contributed by atoms with E-state index < -0.39 is 36.0 Å². The molecule has 4 aromatic heterocycles. The molecule has 0 spiro atoms. The molecule has 6 rings (SSSR count). The van der Waals surface area contributed by atoms with Crippen molar-refractivity contribution in [3.05, 3.63) is 155 Å². The summed E-state index contributed by atoms with van der Waals surface area (Å²) in [4.78, 5) is 41.3. The summed E-state index contributed by atoms with van der Waals surface area (Å²) in [5.41, 5.74) is 11.7. The average molecular weight is 914 g/mol. The van der Waals surface area contributed by atoms with Crippen LogP contribution in [0, 0.1) is 11.6 Å². The van der Waals surface area contributed by atoms with Gasteiger partial charge in [-0.2, -0.15) is 0 Å². The van der Waals surface area contributed by atoms with Gasteiger partial charge in [-0.1, -0.05) is 50.2 Å².